The number of benzene rings is 2. The van der Waals surface area contributed by atoms with Gasteiger partial charge in [-0.05, 0) is 53.4 Å². The van der Waals surface area contributed by atoms with Crippen molar-refractivity contribution >= 4 is 46.1 Å². The summed E-state index contributed by atoms with van der Waals surface area (Å²) in [5.41, 5.74) is 6.32. The van der Waals surface area contributed by atoms with Gasteiger partial charge in [0.15, 0.2) is 0 Å². The minimum Gasteiger partial charge on any atom is -0.251 e. The molecule has 0 saturated heterocycles. The number of hydrogen-bond acceptors (Lipinski definition) is 3. The van der Waals surface area contributed by atoms with Gasteiger partial charge < -0.3 is 0 Å². The molecule has 2 aromatic carbocycles. The molecule has 0 bridgehead atoms. The van der Waals surface area contributed by atoms with Gasteiger partial charge in [-0.3, -0.25) is 4.40 Å². The molecule has 0 aliphatic rings. The molecule has 5 aromatic rings. The van der Waals surface area contributed by atoms with E-state index in [1.165, 1.54) is 5.56 Å². The van der Waals surface area contributed by atoms with E-state index in [-0.39, 0.29) is 0 Å². The molecule has 0 unspecified atom stereocenters. The normalized spacial score (nSPS) is 11.5. The van der Waals surface area contributed by atoms with Crippen molar-refractivity contribution in [2.45, 2.75) is 6.92 Å². The van der Waals surface area contributed by atoms with Crippen molar-refractivity contribution in [1.82, 2.24) is 24.2 Å². The molecule has 0 amide bonds. The van der Waals surface area contributed by atoms with Gasteiger partial charge in [0.1, 0.15) is 0 Å². The molecule has 132 valence electrons. The first-order valence-electron chi connectivity index (χ1n) is 8.44. The van der Waals surface area contributed by atoms with Gasteiger partial charge in [0.2, 0.25) is 4.77 Å². The molecule has 0 fully saturated rings. The highest BCUT2D eigenvalue weighted by Gasteiger charge is 2.19. The molecule has 0 radical (unpaired) electrons. The average molecular weight is 483 g/mol. The van der Waals surface area contributed by atoms with Gasteiger partial charge in [-0.15, -0.1) is 5.10 Å². The van der Waals surface area contributed by atoms with E-state index in [0.29, 0.717) is 10.5 Å². The quantitative estimate of drug-likeness (QED) is 0.274. The van der Waals surface area contributed by atoms with Crippen molar-refractivity contribution in [2.24, 2.45) is 0 Å². The Morgan fingerprint density at radius 2 is 1.74 bits per heavy atom. The Morgan fingerprint density at radius 1 is 1.00 bits per heavy atom. The van der Waals surface area contributed by atoms with Crippen LogP contribution in [0.3, 0.4) is 0 Å². The van der Waals surface area contributed by atoms with Crippen LogP contribution in [-0.2, 0) is 0 Å². The van der Waals surface area contributed by atoms with Crippen molar-refractivity contribution < 1.29 is 0 Å². The molecule has 5 rings (SSSR count). The van der Waals surface area contributed by atoms with Crippen molar-refractivity contribution in [3.05, 3.63) is 74.6 Å². The van der Waals surface area contributed by atoms with Gasteiger partial charge in [-0.1, -0.05) is 60.2 Å². The number of aromatic nitrogens is 5. The average Bonchev–Trinajstić information content (AvgIpc) is 3.29. The third kappa shape index (κ3) is 2.61. The first-order valence-corrected chi connectivity index (χ1v) is 9.93. The van der Waals surface area contributed by atoms with Crippen molar-refractivity contribution in [2.75, 3.05) is 0 Å². The largest absolute Gasteiger partial charge is 0.255 e. The second kappa shape index (κ2) is 6.28. The Balaban J connectivity index is 1.89. The van der Waals surface area contributed by atoms with E-state index in [4.69, 9.17) is 17.3 Å². The van der Waals surface area contributed by atoms with Gasteiger partial charge in [0.25, 0.3) is 5.78 Å². The maximum atomic E-state index is 5.52. The SMILES string of the molecule is Cc1ccc(-c2c(I)c3cc(-c4ccccc4)nn3c3n[nH]c(=S)n23)cc1. The van der Waals surface area contributed by atoms with Crippen LogP contribution in [0.2, 0.25) is 0 Å². The predicted octanol–water partition coefficient (Wildman–Crippen LogP) is 5.29. The van der Waals surface area contributed by atoms with Crippen molar-refractivity contribution in [3.63, 3.8) is 0 Å². The molecule has 0 atom stereocenters. The Morgan fingerprint density at radius 3 is 2.48 bits per heavy atom. The summed E-state index contributed by atoms with van der Waals surface area (Å²) in [6.07, 6.45) is 0. The van der Waals surface area contributed by atoms with Crippen LogP contribution in [0.25, 0.3) is 33.8 Å². The zero-order valence-electron chi connectivity index (χ0n) is 14.3. The van der Waals surface area contributed by atoms with E-state index in [9.17, 15) is 0 Å². The van der Waals surface area contributed by atoms with Crippen LogP contribution in [0.1, 0.15) is 5.56 Å². The lowest BCUT2D eigenvalue weighted by Crippen LogP contribution is -2.04. The van der Waals surface area contributed by atoms with Crippen LogP contribution in [-0.4, -0.2) is 24.2 Å². The van der Waals surface area contributed by atoms with E-state index in [1.54, 1.807) is 0 Å². The van der Waals surface area contributed by atoms with Crippen molar-refractivity contribution in [1.29, 1.82) is 0 Å². The molecule has 0 saturated carbocycles. The lowest BCUT2D eigenvalue weighted by atomic mass is 10.1. The van der Waals surface area contributed by atoms with Gasteiger partial charge in [0, 0.05) is 5.56 Å². The van der Waals surface area contributed by atoms with Crippen LogP contribution in [0.15, 0.2) is 60.7 Å². The summed E-state index contributed by atoms with van der Waals surface area (Å²) in [4.78, 5) is 0. The van der Waals surface area contributed by atoms with Crippen LogP contribution < -0.4 is 0 Å². The lowest BCUT2D eigenvalue weighted by molar-refractivity contribution is 0.929. The summed E-state index contributed by atoms with van der Waals surface area (Å²) < 4.78 is 5.44. The van der Waals surface area contributed by atoms with E-state index in [0.717, 1.165) is 31.6 Å². The molecule has 0 aliphatic heterocycles. The first kappa shape index (κ1) is 16.6. The number of H-pyrrole nitrogens is 1. The van der Waals surface area contributed by atoms with Gasteiger partial charge >= 0.3 is 0 Å². The topological polar surface area (TPSA) is 50.4 Å². The third-order valence-electron chi connectivity index (χ3n) is 4.60. The van der Waals surface area contributed by atoms with E-state index >= 15 is 0 Å². The maximum Gasteiger partial charge on any atom is 0.255 e. The number of nitrogens with one attached hydrogen (secondary N) is 1. The summed E-state index contributed by atoms with van der Waals surface area (Å²) >= 11 is 7.90. The Labute approximate surface area is 173 Å². The minimum atomic E-state index is 0.553. The lowest BCUT2D eigenvalue weighted by Gasteiger charge is -2.10. The molecule has 7 heteroatoms. The molecular formula is C20H14IN5S. The highest BCUT2D eigenvalue weighted by atomic mass is 127. The highest BCUT2D eigenvalue weighted by Crippen LogP contribution is 2.32. The fourth-order valence-corrected chi connectivity index (χ4v) is 4.41. The number of aryl methyl sites for hydroxylation is 1. The maximum absolute atomic E-state index is 5.52. The van der Waals surface area contributed by atoms with E-state index < -0.39 is 0 Å². The molecule has 27 heavy (non-hydrogen) atoms. The summed E-state index contributed by atoms with van der Waals surface area (Å²) in [6.45, 7) is 2.08. The van der Waals surface area contributed by atoms with Crippen LogP contribution in [0.5, 0.6) is 0 Å². The van der Waals surface area contributed by atoms with Gasteiger partial charge in [-0.2, -0.15) is 9.61 Å². The monoisotopic (exact) mass is 483 g/mol. The van der Waals surface area contributed by atoms with Gasteiger partial charge in [-0.25, -0.2) is 5.10 Å². The number of rotatable bonds is 2. The molecule has 0 aliphatic carbocycles. The predicted molar refractivity (Wildman–Crippen MR) is 117 cm³/mol. The first-order chi connectivity index (χ1) is 13.1. The van der Waals surface area contributed by atoms with E-state index in [2.05, 4.69) is 82.2 Å². The second-order valence-corrected chi connectivity index (χ2v) is 7.85. The zero-order valence-corrected chi connectivity index (χ0v) is 17.3. The summed E-state index contributed by atoms with van der Waals surface area (Å²) in [6, 6.07) is 20.7. The highest BCUT2D eigenvalue weighted by molar-refractivity contribution is 14.1. The fraction of sp³-hybridized carbons (Fsp3) is 0.0500. The van der Waals surface area contributed by atoms with Crippen LogP contribution in [0, 0.1) is 15.3 Å². The number of hydrogen-bond donors (Lipinski definition) is 1. The number of nitrogens with zero attached hydrogens (tertiary/aromatic N) is 4. The minimum absolute atomic E-state index is 0.553. The Kier molecular flexibility index (Phi) is 3.87. The Bertz CT molecular complexity index is 1350. The fourth-order valence-electron chi connectivity index (χ4n) is 3.26. The third-order valence-corrected chi connectivity index (χ3v) is 5.94. The number of fused-ring (bicyclic) bond motifs is 3. The summed E-state index contributed by atoms with van der Waals surface area (Å²) in [5.74, 6) is 0.674. The number of halogens is 1. The Hall–Kier alpha value is -2.52. The van der Waals surface area contributed by atoms with Crippen LogP contribution in [0.4, 0.5) is 0 Å². The summed E-state index contributed by atoms with van der Waals surface area (Å²) in [7, 11) is 0. The van der Waals surface area contributed by atoms with E-state index in [1.807, 2.05) is 27.1 Å². The number of aromatic amines is 1. The molecular weight excluding hydrogens is 469 g/mol. The van der Waals surface area contributed by atoms with Crippen LogP contribution >= 0.6 is 34.8 Å². The smallest absolute Gasteiger partial charge is 0.251 e. The molecule has 1 N–H and O–H groups in total. The van der Waals surface area contributed by atoms with Gasteiger partial charge in [0.05, 0.1) is 20.5 Å². The summed E-state index contributed by atoms with van der Waals surface area (Å²) in [5, 5.41) is 12.2. The molecule has 0 spiro atoms. The second-order valence-electron chi connectivity index (χ2n) is 6.39. The standard InChI is InChI=1S/C20H14IN5S/c1-12-7-9-14(10-8-12)18-17(21)16-11-15(13-5-3-2-4-6-13)24-26(16)19-22-23-20(27)25(18)19/h2-11H,1H3,(H,23,27). The van der Waals surface area contributed by atoms with Crippen molar-refractivity contribution in [3.8, 4) is 22.5 Å². The molecule has 3 aromatic heterocycles. The molecule has 5 nitrogen and oxygen atoms in total. The molecule has 3 heterocycles. The zero-order chi connectivity index (χ0) is 18.5.